The number of aromatic nitrogens is 4. The fourth-order valence-corrected chi connectivity index (χ4v) is 6.14. The number of rotatable bonds is 8. The molecule has 2 unspecified atom stereocenters. The summed E-state index contributed by atoms with van der Waals surface area (Å²) in [5.74, 6) is -0.326. The molecule has 0 N–H and O–H groups in total. The van der Waals surface area contributed by atoms with E-state index >= 15 is 0 Å². The van der Waals surface area contributed by atoms with Gasteiger partial charge in [0.25, 0.3) is 0 Å². The van der Waals surface area contributed by atoms with E-state index in [0.717, 1.165) is 36.8 Å². The summed E-state index contributed by atoms with van der Waals surface area (Å²) < 4.78 is 42.4. The molecule has 0 bridgehead atoms. The third kappa shape index (κ3) is 4.83. The number of hydrogen-bond donors (Lipinski definition) is 0. The van der Waals surface area contributed by atoms with Gasteiger partial charge in [0.05, 0.1) is 17.5 Å². The Kier molecular flexibility index (Phi) is 6.43. The fourth-order valence-electron chi connectivity index (χ4n) is 4.25. The lowest BCUT2D eigenvalue weighted by Crippen LogP contribution is -2.37. The molecule has 2 heterocycles. The van der Waals surface area contributed by atoms with E-state index < -0.39 is 10.0 Å². The van der Waals surface area contributed by atoms with Crippen LogP contribution in [0.1, 0.15) is 49.3 Å². The highest BCUT2D eigenvalue weighted by atomic mass is 32.2. The maximum absolute atomic E-state index is 13.6. The van der Waals surface area contributed by atoms with Crippen molar-refractivity contribution in [2.45, 2.75) is 62.6 Å². The minimum absolute atomic E-state index is 0.106. The molecule has 1 saturated heterocycles. The van der Waals surface area contributed by atoms with Crippen LogP contribution in [0.25, 0.3) is 0 Å². The monoisotopic (exact) mass is 443 g/mol. The third-order valence-corrected chi connectivity index (χ3v) is 7.80. The Hall–Kier alpha value is -2.65. The second-order valence-corrected chi connectivity index (χ2v) is 9.82. The Morgan fingerprint density at radius 1 is 1.03 bits per heavy atom. The SMILES string of the molecule is Cc1ccc(S(=O)(=O)N2C(CCCCn3ncnn3)CCC2c2ccc(F)cc2)cc1. The van der Waals surface area contributed by atoms with Crippen LogP contribution in [0, 0.1) is 12.7 Å². The van der Waals surface area contributed by atoms with Gasteiger partial charge in [0, 0.05) is 6.04 Å². The molecule has 2 atom stereocenters. The van der Waals surface area contributed by atoms with Gasteiger partial charge in [-0.1, -0.05) is 29.8 Å². The number of halogens is 1. The Balaban J connectivity index is 1.56. The van der Waals surface area contributed by atoms with E-state index in [4.69, 9.17) is 0 Å². The zero-order valence-electron chi connectivity index (χ0n) is 17.4. The normalized spacial score (nSPS) is 19.7. The summed E-state index contributed by atoms with van der Waals surface area (Å²) >= 11 is 0. The molecule has 7 nitrogen and oxygen atoms in total. The van der Waals surface area contributed by atoms with Crippen molar-refractivity contribution in [3.8, 4) is 0 Å². The van der Waals surface area contributed by atoms with E-state index in [9.17, 15) is 12.8 Å². The number of unbranched alkanes of at least 4 members (excludes halogenated alkanes) is 1. The second-order valence-electron chi connectivity index (χ2n) is 7.97. The summed E-state index contributed by atoms with van der Waals surface area (Å²) in [4.78, 5) is 1.83. The van der Waals surface area contributed by atoms with Gasteiger partial charge in [-0.05, 0) is 74.1 Å². The highest BCUT2D eigenvalue weighted by Crippen LogP contribution is 2.42. The Morgan fingerprint density at radius 2 is 1.77 bits per heavy atom. The molecule has 164 valence electrons. The Morgan fingerprint density at radius 3 is 2.45 bits per heavy atom. The standard InChI is InChI=1S/C22H26FN5O2S/c1-17-5-12-21(13-6-17)31(29,30)28-20(4-2-3-15-27-25-16-24-26-27)11-14-22(28)18-7-9-19(23)10-8-18/h5-10,12-13,16,20,22H,2-4,11,14-15H2,1H3. The first kappa shape index (κ1) is 21.6. The average molecular weight is 444 g/mol. The lowest BCUT2D eigenvalue weighted by molar-refractivity contribution is 0.304. The van der Waals surface area contributed by atoms with Crippen molar-refractivity contribution in [3.05, 3.63) is 71.8 Å². The summed E-state index contributed by atoms with van der Waals surface area (Å²) in [6.07, 6.45) is 5.33. The first-order chi connectivity index (χ1) is 14.9. The Labute approximate surface area is 181 Å². The van der Waals surface area contributed by atoms with Crippen molar-refractivity contribution in [1.82, 2.24) is 24.5 Å². The number of hydrogen-bond acceptors (Lipinski definition) is 5. The number of benzene rings is 2. The summed E-state index contributed by atoms with van der Waals surface area (Å²) in [6, 6.07) is 12.7. The summed E-state index contributed by atoms with van der Waals surface area (Å²) in [7, 11) is -3.69. The molecule has 0 amide bonds. The smallest absolute Gasteiger partial charge is 0.207 e. The van der Waals surface area contributed by atoms with Crippen LogP contribution in [0.5, 0.6) is 0 Å². The van der Waals surface area contributed by atoms with Crippen LogP contribution in [0.4, 0.5) is 4.39 Å². The summed E-state index contributed by atoms with van der Waals surface area (Å²) in [5.41, 5.74) is 1.83. The molecular formula is C22H26FN5O2S. The predicted molar refractivity (Wildman–Crippen MR) is 114 cm³/mol. The lowest BCUT2D eigenvalue weighted by atomic mass is 10.0. The molecule has 31 heavy (non-hydrogen) atoms. The molecule has 9 heteroatoms. The molecule has 1 aliphatic rings. The number of aryl methyl sites for hydroxylation is 2. The van der Waals surface area contributed by atoms with E-state index in [0.29, 0.717) is 17.9 Å². The molecule has 3 aromatic rings. The van der Waals surface area contributed by atoms with E-state index in [1.54, 1.807) is 28.6 Å². The first-order valence-corrected chi connectivity index (χ1v) is 12.0. The van der Waals surface area contributed by atoms with Crippen LogP contribution in [-0.4, -0.2) is 39.0 Å². The predicted octanol–water partition coefficient (Wildman–Crippen LogP) is 3.89. The van der Waals surface area contributed by atoms with Crippen LogP contribution < -0.4 is 0 Å². The van der Waals surface area contributed by atoms with Gasteiger partial charge in [0.15, 0.2) is 6.33 Å². The molecule has 1 fully saturated rings. The fraction of sp³-hybridized carbons (Fsp3) is 0.409. The number of sulfonamides is 1. The molecule has 4 rings (SSSR count). The average Bonchev–Trinajstić information content (AvgIpc) is 3.42. The van der Waals surface area contributed by atoms with Gasteiger partial charge >= 0.3 is 0 Å². The van der Waals surface area contributed by atoms with Gasteiger partial charge in [-0.3, -0.25) is 0 Å². The van der Waals surface area contributed by atoms with Gasteiger partial charge in [-0.15, -0.1) is 10.2 Å². The third-order valence-electron chi connectivity index (χ3n) is 5.83. The topological polar surface area (TPSA) is 81.0 Å². The van der Waals surface area contributed by atoms with Crippen molar-refractivity contribution in [1.29, 1.82) is 0 Å². The van der Waals surface area contributed by atoms with Gasteiger partial charge in [0.1, 0.15) is 5.82 Å². The van der Waals surface area contributed by atoms with Crippen LogP contribution >= 0.6 is 0 Å². The van der Waals surface area contributed by atoms with Crippen LogP contribution in [0.3, 0.4) is 0 Å². The molecule has 1 aromatic heterocycles. The highest BCUT2D eigenvalue weighted by Gasteiger charge is 2.42. The largest absolute Gasteiger partial charge is 0.243 e. The van der Waals surface area contributed by atoms with Gasteiger partial charge < -0.3 is 0 Å². The van der Waals surface area contributed by atoms with Crippen molar-refractivity contribution < 1.29 is 12.8 Å². The van der Waals surface area contributed by atoms with Crippen molar-refractivity contribution >= 4 is 10.0 Å². The summed E-state index contributed by atoms with van der Waals surface area (Å²) in [6.45, 7) is 2.58. The van der Waals surface area contributed by atoms with Gasteiger partial charge in [-0.25, -0.2) is 12.8 Å². The maximum atomic E-state index is 13.6. The van der Waals surface area contributed by atoms with Gasteiger partial charge in [0.2, 0.25) is 10.0 Å². The molecule has 0 radical (unpaired) electrons. The molecule has 1 aliphatic heterocycles. The van der Waals surface area contributed by atoms with E-state index in [1.807, 2.05) is 19.1 Å². The molecule has 0 saturated carbocycles. The van der Waals surface area contributed by atoms with Gasteiger partial charge in [-0.2, -0.15) is 9.10 Å². The lowest BCUT2D eigenvalue weighted by Gasteiger charge is -2.30. The second kappa shape index (κ2) is 9.23. The zero-order valence-corrected chi connectivity index (χ0v) is 18.2. The van der Waals surface area contributed by atoms with Crippen molar-refractivity contribution in [2.24, 2.45) is 0 Å². The quantitative estimate of drug-likeness (QED) is 0.494. The van der Waals surface area contributed by atoms with Crippen LogP contribution in [0.2, 0.25) is 0 Å². The number of nitrogens with zero attached hydrogens (tertiary/aromatic N) is 5. The molecule has 0 spiro atoms. The zero-order chi connectivity index (χ0) is 21.8. The van der Waals surface area contributed by atoms with E-state index in [-0.39, 0.29) is 17.9 Å². The van der Waals surface area contributed by atoms with E-state index in [2.05, 4.69) is 15.4 Å². The molecule has 2 aromatic carbocycles. The molecular weight excluding hydrogens is 417 g/mol. The Bertz CT molecular complexity index is 1090. The van der Waals surface area contributed by atoms with E-state index in [1.165, 1.54) is 23.3 Å². The maximum Gasteiger partial charge on any atom is 0.243 e. The first-order valence-electron chi connectivity index (χ1n) is 10.5. The van der Waals surface area contributed by atoms with Crippen molar-refractivity contribution in [2.75, 3.05) is 0 Å². The summed E-state index contributed by atoms with van der Waals surface area (Å²) in [5, 5.41) is 11.6. The van der Waals surface area contributed by atoms with Crippen molar-refractivity contribution in [3.63, 3.8) is 0 Å². The number of tetrazole rings is 1. The highest BCUT2D eigenvalue weighted by molar-refractivity contribution is 7.89. The minimum Gasteiger partial charge on any atom is -0.207 e. The van der Waals surface area contributed by atoms with Crippen LogP contribution in [-0.2, 0) is 16.6 Å². The molecule has 0 aliphatic carbocycles. The van der Waals surface area contributed by atoms with Crippen LogP contribution in [0.15, 0.2) is 59.8 Å². The minimum atomic E-state index is -3.69.